The molecule has 0 bridgehead atoms. The van der Waals surface area contributed by atoms with E-state index in [1.807, 2.05) is 18.2 Å². The zero-order valence-electron chi connectivity index (χ0n) is 25.6. The molecule has 0 saturated carbocycles. The van der Waals surface area contributed by atoms with E-state index in [0.29, 0.717) is 18.0 Å². The Balaban J connectivity index is 1.40. The zero-order chi connectivity index (χ0) is 29.8. The van der Waals surface area contributed by atoms with Gasteiger partial charge in [0.2, 0.25) is 15.4 Å². The Hall–Kier alpha value is -3.20. The summed E-state index contributed by atoms with van der Waals surface area (Å²) in [4.78, 5) is 2.90. The van der Waals surface area contributed by atoms with Crippen LogP contribution in [0.25, 0.3) is 5.57 Å². The number of sulfonamides is 1. The summed E-state index contributed by atoms with van der Waals surface area (Å²) < 4.78 is 40.6. The number of nitrogens with one attached hydrogen (secondary N) is 1. The lowest BCUT2D eigenvalue weighted by molar-refractivity contribution is 0.431. The fraction of sp³-hybridized carbons (Fsp3) is 0.472. The molecule has 3 aromatic carbocycles. The van der Waals surface area contributed by atoms with Crippen molar-refractivity contribution < 1.29 is 13.2 Å². The third kappa shape index (κ3) is 4.60. The first-order valence-electron chi connectivity index (χ1n) is 16.8. The minimum absolute atomic E-state index is 0.341. The second-order valence-corrected chi connectivity index (χ2v) is 14.8. The summed E-state index contributed by atoms with van der Waals surface area (Å²) in [7, 11) is -3.75. The first kappa shape index (κ1) is 28.3. The van der Waals surface area contributed by atoms with E-state index < -0.39 is 10.0 Å². The monoisotopic (exact) mass is 611 g/mol. The van der Waals surface area contributed by atoms with Gasteiger partial charge < -0.3 is 15.4 Å². The molecule has 5 aliphatic heterocycles. The van der Waals surface area contributed by atoms with Crippen LogP contribution in [-0.2, 0) is 35.7 Å². The van der Waals surface area contributed by atoms with Gasteiger partial charge in [-0.15, -0.1) is 0 Å². The van der Waals surface area contributed by atoms with E-state index in [-0.39, 0.29) is 0 Å². The molecule has 3 aromatic rings. The van der Waals surface area contributed by atoms with Gasteiger partial charge in [-0.1, -0.05) is 24.6 Å². The number of hydrogen-bond donors (Lipinski definition) is 2. The van der Waals surface area contributed by atoms with Gasteiger partial charge in [0, 0.05) is 71.2 Å². The molecule has 0 saturated heterocycles. The maximum absolute atomic E-state index is 14.0. The predicted octanol–water partition coefficient (Wildman–Crippen LogP) is 3.53. The molecule has 0 radical (unpaired) electrons. The lowest BCUT2D eigenvalue weighted by atomic mass is 9.82. The smallest absolute Gasteiger partial charge is 0.241 e. The molecule has 0 spiro atoms. The Morgan fingerprint density at radius 2 is 1.61 bits per heavy atom. The van der Waals surface area contributed by atoms with Crippen LogP contribution in [0.15, 0.2) is 41.3 Å². The van der Waals surface area contributed by atoms with Crippen LogP contribution in [0.1, 0.15) is 78.3 Å². The number of ether oxygens (including phenoxy) is 1. The van der Waals surface area contributed by atoms with Gasteiger partial charge in [0.1, 0.15) is 24.6 Å². The second kappa shape index (κ2) is 11.3. The van der Waals surface area contributed by atoms with Gasteiger partial charge >= 0.3 is 0 Å². The number of aryl methyl sites for hydroxylation is 2. The summed E-state index contributed by atoms with van der Waals surface area (Å²) in [5.74, 6) is 1.90. The van der Waals surface area contributed by atoms with Crippen LogP contribution < -0.4 is 35.2 Å². The van der Waals surface area contributed by atoms with Crippen LogP contribution in [0.5, 0.6) is 11.5 Å². The molecule has 0 fully saturated rings. The van der Waals surface area contributed by atoms with E-state index in [0.717, 1.165) is 130 Å². The normalized spacial score (nSPS) is 18.2. The van der Waals surface area contributed by atoms with Crippen molar-refractivity contribution in [2.45, 2.75) is 75.5 Å². The minimum atomic E-state index is -3.75. The van der Waals surface area contributed by atoms with Gasteiger partial charge in [0.25, 0.3) is 0 Å². The van der Waals surface area contributed by atoms with Crippen LogP contribution in [0.3, 0.4) is 0 Å². The van der Waals surface area contributed by atoms with E-state index in [1.165, 1.54) is 33.3 Å². The van der Waals surface area contributed by atoms with Gasteiger partial charge in [-0.3, -0.25) is 0 Å². The van der Waals surface area contributed by atoms with Crippen molar-refractivity contribution in [1.29, 1.82) is 0 Å². The average molecular weight is 612 g/mol. The summed E-state index contributed by atoms with van der Waals surface area (Å²) in [5.41, 5.74) is 15.2. The Morgan fingerprint density at radius 3 is 2.48 bits per heavy atom. The third-order valence-electron chi connectivity index (χ3n) is 10.3. The summed E-state index contributed by atoms with van der Waals surface area (Å²) in [6.07, 6.45) is 11.1. The molecule has 44 heavy (non-hydrogen) atoms. The van der Waals surface area contributed by atoms with Crippen molar-refractivity contribution in [1.82, 2.24) is 9.30 Å². The highest BCUT2D eigenvalue weighted by Crippen LogP contribution is 2.49. The molecule has 230 valence electrons. The second-order valence-electron chi connectivity index (χ2n) is 13.1. The molecular formula is C36H43N4O3S+. The number of anilines is 1. The molecule has 8 heteroatoms. The van der Waals surface area contributed by atoms with E-state index in [1.54, 1.807) is 6.07 Å². The highest BCUT2D eigenvalue weighted by molar-refractivity contribution is 7.89. The number of unbranched alkanes of at least 4 members (excludes halogenated alkanes) is 2. The predicted molar refractivity (Wildman–Crippen MR) is 175 cm³/mol. The van der Waals surface area contributed by atoms with Gasteiger partial charge in [-0.25, -0.2) is 17.7 Å². The van der Waals surface area contributed by atoms with Crippen LogP contribution >= 0.6 is 0 Å². The van der Waals surface area contributed by atoms with Crippen LogP contribution in [0, 0.1) is 0 Å². The largest absolute Gasteiger partial charge is 0.455 e. The third-order valence-corrected chi connectivity index (χ3v) is 11.8. The van der Waals surface area contributed by atoms with Crippen LogP contribution in [0.2, 0.25) is 0 Å². The summed E-state index contributed by atoms with van der Waals surface area (Å²) >= 11 is 0. The fourth-order valence-electron chi connectivity index (χ4n) is 8.44. The quantitative estimate of drug-likeness (QED) is 0.235. The number of rotatable bonds is 8. The number of fused-ring (bicyclic) bond motifs is 4. The average Bonchev–Trinajstić information content (AvgIpc) is 3.04. The highest BCUT2D eigenvalue weighted by Gasteiger charge is 2.36. The van der Waals surface area contributed by atoms with Crippen molar-refractivity contribution in [3.05, 3.63) is 80.4 Å². The molecule has 0 atom stereocenters. The molecule has 0 aromatic heterocycles. The molecule has 0 amide bonds. The maximum atomic E-state index is 14.0. The van der Waals surface area contributed by atoms with E-state index >= 15 is 0 Å². The molecule has 5 heterocycles. The van der Waals surface area contributed by atoms with Crippen molar-refractivity contribution >= 4 is 21.3 Å². The number of nitrogens with two attached hydrogens (primary N) is 1. The summed E-state index contributed by atoms with van der Waals surface area (Å²) in [5, 5.41) is 2.42. The van der Waals surface area contributed by atoms with Gasteiger partial charge in [-0.05, 0) is 81.7 Å². The lowest BCUT2D eigenvalue weighted by Crippen LogP contribution is -2.45. The van der Waals surface area contributed by atoms with Gasteiger partial charge in [0.15, 0.2) is 0 Å². The minimum Gasteiger partial charge on any atom is -0.455 e. The SMILES string of the molecule is NCCCCCNS(=O)(=O)c1ccccc1C1=c2cc3c4c(c2Oc2c1cc1c5c2CCCN5CCC1)CCC[N+]=4CCC3. The molecule has 0 unspecified atom stereocenters. The molecule has 0 aliphatic carbocycles. The Labute approximate surface area is 260 Å². The number of nitrogens with zero attached hydrogens (tertiary/aromatic N) is 2. The molecule has 7 nitrogen and oxygen atoms in total. The summed E-state index contributed by atoms with van der Waals surface area (Å²) in [6, 6.07) is 12.3. The Bertz CT molecular complexity index is 1890. The summed E-state index contributed by atoms with van der Waals surface area (Å²) in [6.45, 7) is 5.41. The molecule has 8 rings (SSSR count). The van der Waals surface area contributed by atoms with E-state index in [2.05, 4.69) is 26.3 Å². The van der Waals surface area contributed by atoms with Crippen LogP contribution in [-0.4, -0.2) is 47.7 Å². The number of hydrogen-bond acceptors (Lipinski definition) is 5. The molecular weight excluding hydrogens is 568 g/mol. The standard InChI is InChI=1S/C36H43N4O3S/c37-16-4-1-5-17-38-44(41,42)31-15-3-2-12-26(31)32-29-22-24-10-6-18-39-20-8-13-27(33(24)39)35(29)43-36-28-14-9-21-40-19-7-11-25(34(28)40)23-30(32)36/h2-3,12,15,22-23,38H,1,4-11,13-14,16-21,37H2/q+1. The van der Waals surface area contributed by atoms with E-state index in [4.69, 9.17) is 10.5 Å². The van der Waals surface area contributed by atoms with Gasteiger partial charge in [-0.2, -0.15) is 0 Å². The Morgan fingerprint density at radius 1 is 0.841 bits per heavy atom. The van der Waals surface area contributed by atoms with Crippen LogP contribution in [0.4, 0.5) is 5.69 Å². The van der Waals surface area contributed by atoms with E-state index in [9.17, 15) is 8.42 Å². The first-order chi connectivity index (χ1) is 21.5. The van der Waals surface area contributed by atoms with Crippen molar-refractivity contribution in [2.75, 3.05) is 44.2 Å². The maximum Gasteiger partial charge on any atom is 0.241 e. The fourth-order valence-corrected chi connectivity index (χ4v) is 9.73. The van der Waals surface area contributed by atoms with Gasteiger partial charge in [0.05, 0.1) is 10.5 Å². The lowest BCUT2D eigenvalue weighted by Gasteiger charge is -2.39. The zero-order valence-corrected chi connectivity index (χ0v) is 26.4. The molecule has 3 N–H and O–H groups in total. The topological polar surface area (TPSA) is 87.7 Å². The van der Waals surface area contributed by atoms with Crippen molar-refractivity contribution in [2.24, 2.45) is 5.73 Å². The Kier molecular flexibility index (Phi) is 7.27. The number of benzene rings is 3. The van der Waals surface area contributed by atoms with Crippen molar-refractivity contribution in [3.8, 4) is 11.5 Å². The highest BCUT2D eigenvalue weighted by atomic mass is 32.2. The molecule has 5 aliphatic rings. The first-order valence-corrected chi connectivity index (χ1v) is 18.3. The van der Waals surface area contributed by atoms with Crippen molar-refractivity contribution in [3.63, 3.8) is 0 Å².